The highest BCUT2D eigenvalue weighted by atomic mass is 16.5. The normalized spacial score (nSPS) is 23.6. The summed E-state index contributed by atoms with van der Waals surface area (Å²) in [5.41, 5.74) is 10.3. The molecule has 0 bridgehead atoms. The third-order valence-electron chi connectivity index (χ3n) is 5.42. The molecule has 5 heteroatoms. The number of morpholine rings is 1. The lowest BCUT2D eigenvalue weighted by Gasteiger charge is -2.34. The van der Waals surface area contributed by atoms with Crippen molar-refractivity contribution in [2.45, 2.75) is 37.6 Å². The van der Waals surface area contributed by atoms with E-state index in [0.29, 0.717) is 5.96 Å². The van der Waals surface area contributed by atoms with Crippen LogP contribution in [0.5, 0.6) is 0 Å². The molecule has 0 amide bonds. The molecule has 3 aliphatic rings. The molecule has 0 radical (unpaired) electrons. The summed E-state index contributed by atoms with van der Waals surface area (Å²) in [5, 5.41) is 3.26. The van der Waals surface area contributed by atoms with Gasteiger partial charge in [0, 0.05) is 24.3 Å². The third kappa shape index (κ3) is 3.21. The number of hydrogen-bond donors (Lipinski definition) is 2. The molecule has 4 rings (SSSR count). The van der Waals surface area contributed by atoms with E-state index in [1.807, 2.05) is 0 Å². The van der Waals surface area contributed by atoms with Gasteiger partial charge in [-0.1, -0.05) is 6.07 Å². The first-order chi connectivity index (χ1) is 11.3. The molecule has 0 aromatic heterocycles. The van der Waals surface area contributed by atoms with Gasteiger partial charge in [-0.3, -0.25) is 9.89 Å². The van der Waals surface area contributed by atoms with Crippen LogP contribution in [0.15, 0.2) is 23.2 Å². The Morgan fingerprint density at radius 3 is 2.78 bits per heavy atom. The van der Waals surface area contributed by atoms with Crippen LogP contribution in [0.3, 0.4) is 0 Å². The molecule has 1 aromatic rings. The smallest absolute Gasteiger partial charge is 0.193 e. The van der Waals surface area contributed by atoms with Crippen LogP contribution < -0.4 is 11.1 Å². The number of nitrogens with two attached hydrogens (primary N) is 1. The average Bonchev–Trinajstić information content (AvgIpc) is 3.24. The number of aliphatic imine (C=N–C) groups is 1. The number of nitrogens with one attached hydrogen (secondary N) is 1. The maximum atomic E-state index is 6.11. The third-order valence-corrected chi connectivity index (χ3v) is 5.42. The molecular weight excluding hydrogens is 288 g/mol. The van der Waals surface area contributed by atoms with E-state index in [-0.39, 0.29) is 5.54 Å². The second-order valence-electron chi connectivity index (χ2n) is 6.99. The predicted octanol–water partition coefficient (Wildman–Crippen LogP) is 1.77. The standard InChI is InChI=1S/C18H26N4O/c19-17(21-16-5-4-14-2-1-3-15(14)12-16)20-13-18(6-7-18)22-8-10-23-11-9-22/h4-5,12H,1-3,6-11,13H2,(H3,19,20,21). The minimum atomic E-state index is 0.244. The number of ether oxygens (including phenoxy) is 1. The highest BCUT2D eigenvalue weighted by molar-refractivity contribution is 5.92. The molecule has 1 heterocycles. The monoisotopic (exact) mass is 314 g/mol. The quantitative estimate of drug-likeness (QED) is 0.657. The van der Waals surface area contributed by atoms with Crippen LogP contribution in [0.4, 0.5) is 5.69 Å². The molecule has 1 aliphatic heterocycles. The van der Waals surface area contributed by atoms with Crippen LogP contribution in [-0.2, 0) is 17.6 Å². The minimum Gasteiger partial charge on any atom is -0.379 e. The highest BCUT2D eigenvalue weighted by Gasteiger charge is 2.48. The summed E-state index contributed by atoms with van der Waals surface area (Å²) in [5.74, 6) is 0.530. The van der Waals surface area contributed by atoms with Crippen molar-refractivity contribution in [3.05, 3.63) is 29.3 Å². The Kier molecular flexibility index (Phi) is 3.99. The van der Waals surface area contributed by atoms with Gasteiger partial charge in [0.15, 0.2) is 5.96 Å². The van der Waals surface area contributed by atoms with Gasteiger partial charge in [0.05, 0.1) is 19.8 Å². The molecule has 0 atom stereocenters. The number of nitrogens with zero attached hydrogens (tertiary/aromatic N) is 2. The zero-order chi connectivity index (χ0) is 15.7. The van der Waals surface area contributed by atoms with Crippen molar-refractivity contribution in [3.8, 4) is 0 Å². The zero-order valence-electron chi connectivity index (χ0n) is 13.7. The maximum absolute atomic E-state index is 6.11. The first kappa shape index (κ1) is 15.0. The summed E-state index contributed by atoms with van der Waals surface area (Å²) in [6, 6.07) is 6.55. The second-order valence-corrected chi connectivity index (χ2v) is 6.99. The molecule has 1 saturated heterocycles. The van der Waals surface area contributed by atoms with Crippen LogP contribution >= 0.6 is 0 Å². The van der Waals surface area contributed by atoms with Crippen LogP contribution in [-0.4, -0.2) is 49.2 Å². The zero-order valence-corrected chi connectivity index (χ0v) is 13.7. The molecule has 5 nitrogen and oxygen atoms in total. The van der Waals surface area contributed by atoms with Crippen molar-refractivity contribution >= 4 is 11.6 Å². The van der Waals surface area contributed by atoms with Crippen molar-refractivity contribution < 1.29 is 4.74 Å². The Morgan fingerprint density at radius 2 is 2.00 bits per heavy atom. The highest BCUT2D eigenvalue weighted by Crippen LogP contribution is 2.42. The van der Waals surface area contributed by atoms with Crippen molar-refractivity contribution in [3.63, 3.8) is 0 Å². The topological polar surface area (TPSA) is 62.9 Å². The summed E-state index contributed by atoms with van der Waals surface area (Å²) in [4.78, 5) is 7.15. The average molecular weight is 314 g/mol. The molecule has 0 spiro atoms. The fourth-order valence-corrected chi connectivity index (χ4v) is 3.83. The van der Waals surface area contributed by atoms with E-state index in [2.05, 4.69) is 33.4 Å². The SMILES string of the molecule is NC(=NCC1(N2CCOCC2)CC1)Nc1ccc2c(c1)CCC2. The molecule has 2 aliphatic carbocycles. The molecule has 1 saturated carbocycles. The molecule has 3 N–H and O–H groups in total. The molecular formula is C18H26N4O. The van der Waals surface area contributed by atoms with E-state index in [0.717, 1.165) is 38.5 Å². The Hall–Kier alpha value is -1.59. The van der Waals surface area contributed by atoms with Gasteiger partial charge >= 0.3 is 0 Å². The Morgan fingerprint density at radius 1 is 1.22 bits per heavy atom. The van der Waals surface area contributed by atoms with Gasteiger partial charge < -0.3 is 15.8 Å². The second kappa shape index (κ2) is 6.13. The lowest BCUT2D eigenvalue weighted by molar-refractivity contribution is 0.0117. The number of rotatable bonds is 4. The van der Waals surface area contributed by atoms with Crippen molar-refractivity contribution in [1.82, 2.24) is 4.90 Å². The molecule has 0 unspecified atom stereocenters. The molecule has 1 aromatic carbocycles. The number of guanidine groups is 1. The van der Waals surface area contributed by atoms with E-state index >= 15 is 0 Å². The van der Waals surface area contributed by atoms with Gasteiger partial charge in [-0.05, 0) is 55.4 Å². The molecule has 23 heavy (non-hydrogen) atoms. The Balaban J connectivity index is 1.37. The van der Waals surface area contributed by atoms with Gasteiger partial charge in [0.2, 0.25) is 0 Å². The fourth-order valence-electron chi connectivity index (χ4n) is 3.83. The van der Waals surface area contributed by atoms with Crippen molar-refractivity contribution in [2.24, 2.45) is 10.7 Å². The lowest BCUT2D eigenvalue weighted by atomic mass is 10.1. The first-order valence-electron chi connectivity index (χ1n) is 8.77. The maximum Gasteiger partial charge on any atom is 0.193 e. The van der Waals surface area contributed by atoms with E-state index < -0.39 is 0 Å². The summed E-state index contributed by atoms with van der Waals surface area (Å²) in [7, 11) is 0. The predicted molar refractivity (Wildman–Crippen MR) is 92.9 cm³/mol. The summed E-state index contributed by atoms with van der Waals surface area (Å²) in [6.45, 7) is 4.51. The number of hydrogen-bond acceptors (Lipinski definition) is 3. The molecule has 2 fully saturated rings. The first-order valence-corrected chi connectivity index (χ1v) is 8.77. The van der Waals surface area contributed by atoms with Gasteiger partial charge in [-0.2, -0.15) is 0 Å². The largest absolute Gasteiger partial charge is 0.379 e. The lowest BCUT2D eigenvalue weighted by Crippen LogP contribution is -2.47. The van der Waals surface area contributed by atoms with E-state index in [4.69, 9.17) is 10.5 Å². The summed E-state index contributed by atoms with van der Waals surface area (Å²) >= 11 is 0. The minimum absolute atomic E-state index is 0.244. The Bertz CT molecular complexity index is 603. The van der Waals surface area contributed by atoms with Crippen LogP contribution in [0, 0.1) is 0 Å². The fraction of sp³-hybridized carbons (Fsp3) is 0.611. The van der Waals surface area contributed by atoms with Crippen LogP contribution in [0.25, 0.3) is 0 Å². The van der Waals surface area contributed by atoms with Gasteiger partial charge in [0.1, 0.15) is 0 Å². The van der Waals surface area contributed by atoms with Crippen molar-refractivity contribution in [1.29, 1.82) is 0 Å². The van der Waals surface area contributed by atoms with Gasteiger partial charge in [0.25, 0.3) is 0 Å². The number of aryl methyl sites for hydroxylation is 2. The summed E-state index contributed by atoms with van der Waals surface area (Å²) < 4.78 is 5.45. The summed E-state index contributed by atoms with van der Waals surface area (Å²) in [6.07, 6.45) is 6.11. The molecule has 124 valence electrons. The van der Waals surface area contributed by atoms with Gasteiger partial charge in [-0.15, -0.1) is 0 Å². The number of benzene rings is 1. The van der Waals surface area contributed by atoms with E-state index in [1.165, 1.54) is 43.2 Å². The van der Waals surface area contributed by atoms with Crippen molar-refractivity contribution in [2.75, 3.05) is 38.2 Å². The number of anilines is 1. The van der Waals surface area contributed by atoms with E-state index in [9.17, 15) is 0 Å². The van der Waals surface area contributed by atoms with Gasteiger partial charge in [-0.25, -0.2) is 0 Å². The van der Waals surface area contributed by atoms with E-state index in [1.54, 1.807) is 0 Å². The van der Waals surface area contributed by atoms with Crippen LogP contribution in [0.2, 0.25) is 0 Å². The Labute approximate surface area is 137 Å². The number of fused-ring (bicyclic) bond motifs is 1. The van der Waals surface area contributed by atoms with Crippen LogP contribution in [0.1, 0.15) is 30.4 Å².